The largest absolute Gasteiger partial charge is 0.366 e. The molecule has 194 valence electrons. The summed E-state index contributed by atoms with van der Waals surface area (Å²) in [4.78, 5) is 6.69. The number of benzene rings is 3. The molecule has 3 aromatic rings. The van der Waals surface area contributed by atoms with Crippen molar-refractivity contribution in [3.63, 3.8) is 0 Å². The first-order valence-corrected chi connectivity index (χ1v) is 14.3. The van der Waals surface area contributed by atoms with Crippen molar-refractivity contribution in [1.29, 1.82) is 0 Å². The van der Waals surface area contributed by atoms with Crippen LogP contribution in [0.15, 0.2) is 70.7 Å². The standard InChI is InChI=1S/C26H24Cl3FN4O2S/c1-17-5-8-19(9-6-17)37(35,36)32-31-25(24-20(27)3-2-4-21(24)28)34-14-13-33(16-26(34)11-12-26)23-10-7-18(30)15-22(23)29/h2-10,15,32H,11-14,16H2,1H3/b31-25+. The summed E-state index contributed by atoms with van der Waals surface area (Å²) in [6.45, 7) is 3.54. The van der Waals surface area contributed by atoms with Crippen LogP contribution in [-0.4, -0.2) is 44.3 Å². The number of halogens is 4. The minimum absolute atomic E-state index is 0.100. The summed E-state index contributed by atoms with van der Waals surface area (Å²) in [6, 6.07) is 16.0. The minimum Gasteiger partial charge on any atom is -0.366 e. The molecule has 0 amide bonds. The zero-order chi connectivity index (χ0) is 26.4. The van der Waals surface area contributed by atoms with Gasteiger partial charge in [-0.15, -0.1) is 5.10 Å². The number of sulfonamides is 1. The number of hydrogen-bond acceptors (Lipinski definition) is 4. The second-order valence-corrected chi connectivity index (χ2v) is 12.2. The van der Waals surface area contributed by atoms with Crippen LogP contribution in [0.2, 0.25) is 15.1 Å². The highest BCUT2D eigenvalue weighted by molar-refractivity contribution is 7.89. The van der Waals surface area contributed by atoms with E-state index in [4.69, 9.17) is 34.8 Å². The molecular weight excluding hydrogens is 558 g/mol. The van der Waals surface area contributed by atoms with Crippen molar-refractivity contribution < 1.29 is 12.8 Å². The number of rotatable bonds is 5. The Hall–Kier alpha value is -2.52. The predicted molar refractivity (Wildman–Crippen MR) is 147 cm³/mol. The number of hydrazone groups is 1. The van der Waals surface area contributed by atoms with Crippen LogP contribution >= 0.6 is 34.8 Å². The molecular formula is C26H24Cl3FN4O2S. The molecule has 1 aliphatic heterocycles. The van der Waals surface area contributed by atoms with E-state index in [0.29, 0.717) is 46.1 Å². The first kappa shape index (κ1) is 26.1. The van der Waals surface area contributed by atoms with E-state index in [-0.39, 0.29) is 10.4 Å². The molecule has 1 N–H and O–H groups in total. The average Bonchev–Trinajstić information content (AvgIpc) is 3.61. The lowest BCUT2D eigenvalue weighted by Crippen LogP contribution is -2.57. The fraction of sp³-hybridized carbons (Fsp3) is 0.269. The highest BCUT2D eigenvalue weighted by Gasteiger charge is 2.53. The molecule has 3 aromatic carbocycles. The lowest BCUT2D eigenvalue weighted by molar-refractivity contribution is 0.259. The van der Waals surface area contributed by atoms with Gasteiger partial charge in [-0.1, -0.05) is 58.6 Å². The van der Waals surface area contributed by atoms with Gasteiger partial charge in [0.1, 0.15) is 5.82 Å². The molecule has 2 fully saturated rings. The SMILES string of the molecule is Cc1ccc(S(=O)(=O)N/N=C(\c2c(Cl)cccc2Cl)N2CCN(c3ccc(F)cc3Cl)CC23CC3)cc1. The van der Waals surface area contributed by atoms with Gasteiger partial charge in [0, 0.05) is 19.6 Å². The quantitative estimate of drug-likeness (QED) is 0.225. The van der Waals surface area contributed by atoms with Crippen LogP contribution in [0.3, 0.4) is 0 Å². The molecule has 1 saturated carbocycles. The molecule has 1 spiro atoms. The monoisotopic (exact) mass is 580 g/mol. The molecule has 6 nitrogen and oxygen atoms in total. The van der Waals surface area contributed by atoms with Crippen molar-refractivity contribution in [3.05, 3.63) is 92.7 Å². The van der Waals surface area contributed by atoms with Crippen molar-refractivity contribution in [2.75, 3.05) is 24.5 Å². The minimum atomic E-state index is -3.94. The second-order valence-electron chi connectivity index (χ2n) is 9.33. The summed E-state index contributed by atoms with van der Waals surface area (Å²) in [7, 11) is -3.94. The van der Waals surface area contributed by atoms with Crippen LogP contribution < -0.4 is 9.73 Å². The second kappa shape index (κ2) is 9.98. The first-order valence-electron chi connectivity index (χ1n) is 11.7. The van der Waals surface area contributed by atoms with Gasteiger partial charge in [-0.3, -0.25) is 0 Å². The number of nitrogens with one attached hydrogen (secondary N) is 1. The maximum atomic E-state index is 13.6. The predicted octanol–water partition coefficient (Wildman–Crippen LogP) is 6.09. The van der Waals surface area contributed by atoms with E-state index < -0.39 is 15.8 Å². The van der Waals surface area contributed by atoms with Gasteiger partial charge in [-0.05, 0) is 62.2 Å². The van der Waals surface area contributed by atoms with E-state index in [1.807, 2.05) is 6.92 Å². The Labute approximate surface area is 230 Å². The molecule has 0 bridgehead atoms. The molecule has 1 aliphatic carbocycles. The van der Waals surface area contributed by atoms with Gasteiger partial charge in [0.15, 0.2) is 5.84 Å². The summed E-state index contributed by atoms with van der Waals surface area (Å²) in [5, 5.41) is 5.48. The van der Waals surface area contributed by atoms with E-state index >= 15 is 0 Å². The van der Waals surface area contributed by atoms with Crippen LogP contribution in [0, 0.1) is 12.7 Å². The topological polar surface area (TPSA) is 65.0 Å². The third-order valence-electron chi connectivity index (χ3n) is 6.77. The molecule has 2 aliphatic rings. The molecule has 37 heavy (non-hydrogen) atoms. The number of aryl methyl sites for hydroxylation is 1. The summed E-state index contributed by atoms with van der Waals surface area (Å²) in [6.07, 6.45) is 1.71. The molecule has 0 atom stereocenters. The highest BCUT2D eigenvalue weighted by atomic mass is 35.5. The van der Waals surface area contributed by atoms with Crippen molar-refractivity contribution >= 4 is 56.3 Å². The van der Waals surface area contributed by atoms with E-state index in [1.54, 1.807) is 36.4 Å². The summed E-state index contributed by atoms with van der Waals surface area (Å²) in [5.74, 6) is -0.0363. The number of hydrogen-bond donors (Lipinski definition) is 1. The van der Waals surface area contributed by atoms with E-state index in [9.17, 15) is 12.8 Å². The van der Waals surface area contributed by atoms with E-state index in [1.165, 1.54) is 24.3 Å². The molecule has 0 aromatic heterocycles. The fourth-order valence-corrected chi connectivity index (χ4v) is 6.32. The lowest BCUT2D eigenvalue weighted by Gasteiger charge is -2.45. The van der Waals surface area contributed by atoms with Gasteiger partial charge in [0.2, 0.25) is 0 Å². The molecule has 1 heterocycles. The Balaban J connectivity index is 1.51. The van der Waals surface area contributed by atoms with Gasteiger partial charge in [0.25, 0.3) is 10.0 Å². The van der Waals surface area contributed by atoms with Gasteiger partial charge in [-0.2, -0.15) is 13.2 Å². The third kappa shape index (κ3) is 5.25. The van der Waals surface area contributed by atoms with Crippen LogP contribution in [0.25, 0.3) is 0 Å². The van der Waals surface area contributed by atoms with Gasteiger partial charge >= 0.3 is 0 Å². The number of piperazine rings is 1. The maximum Gasteiger partial charge on any atom is 0.276 e. The van der Waals surface area contributed by atoms with Crippen LogP contribution in [0.5, 0.6) is 0 Å². The molecule has 11 heteroatoms. The van der Waals surface area contributed by atoms with Crippen molar-refractivity contribution in [2.45, 2.75) is 30.2 Å². The Morgan fingerprint density at radius 1 is 0.973 bits per heavy atom. The normalized spacial score (nSPS) is 17.3. The van der Waals surface area contributed by atoms with Gasteiger partial charge in [-0.25, -0.2) is 4.39 Å². The van der Waals surface area contributed by atoms with Crippen molar-refractivity contribution in [2.24, 2.45) is 5.10 Å². The fourth-order valence-electron chi connectivity index (χ4n) is 4.66. The Kier molecular flexibility index (Phi) is 7.04. The summed E-state index contributed by atoms with van der Waals surface area (Å²) in [5.41, 5.74) is 1.83. The molecule has 0 unspecified atom stereocenters. The van der Waals surface area contributed by atoms with Gasteiger partial charge < -0.3 is 9.80 Å². The summed E-state index contributed by atoms with van der Waals surface area (Å²) >= 11 is 19.5. The Morgan fingerprint density at radius 2 is 1.65 bits per heavy atom. The lowest BCUT2D eigenvalue weighted by atomic mass is 10.1. The van der Waals surface area contributed by atoms with Crippen LogP contribution in [0.4, 0.5) is 10.1 Å². The van der Waals surface area contributed by atoms with Crippen LogP contribution in [0.1, 0.15) is 24.0 Å². The van der Waals surface area contributed by atoms with Gasteiger partial charge in [0.05, 0.1) is 36.8 Å². The van der Waals surface area contributed by atoms with E-state index in [0.717, 1.165) is 24.1 Å². The van der Waals surface area contributed by atoms with Crippen molar-refractivity contribution in [3.8, 4) is 0 Å². The first-order chi connectivity index (χ1) is 17.6. The zero-order valence-corrected chi connectivity index (χ0v) is 23.0. The number of amidine groups is 1. The number of nitrogens with zero attached hydrogens (tertiary/aromatic N) is 3. The van der Waals surface area contributed by atoms with Crippen LogP contribution in [-0.2, 0) is 10.0 Å². The molecule has 5 rings (SSSR count). The number of anilines is 1. The van der Waals surface area contributed by atoms with Crippen molar-refractivity contribution in [1.82, 2.24) is 9.73 Å². The van der Waals surface area contributed by atoms with E-state index in [2.05, 4.69) is 19.7 Å². The highest BCUT2D eigenvalue weighted by Crippen LogP contribution is 2.47. The smallest absolute Gasteiger partial charge is 0.276 e. The molecule has 1 saturated heterocycles. The third-order valence-corrected chi connectivity index (χ3v) is 8.93. The maximum absolute atomic E-state index is 13.6. The Bertz CT molecular complexity index is 1460. The molecule has 0 radical (unpaired) electrons. The average molecular weight is 582 g/mol. The zero-order valence-electron chi connectivity index (χ0n) is 19.9. The Morgan fingerprint density at radius 3 is 2.27 bits per heavy atom. The summed E-state index contributed by atoms with van der Waals surface area (Å²) < 4.78 is 39.7.